The zero-order valence-corrected chi connectivity index (χ0v) is 36.3. The van der Waals surface area contributed by atoms with Crippen LogP contribution in [0.15, 0.2) is 60.7 Å². The fourth-order valence-corrected chi connectivity index (χ4v) is 10.9. The monoisotopic (exact) mass is 1000 g/mol. The fraction of sp³-hybridized carbons (Fsp3) is 0.590. The third-order valence-electron chi connectivity index (χ3n) is 10.3. The maximum Gasteiger partial charge on any atom is 0.460 e. The Morgan fingerprint density at radius 2 is 1.17 bits per heavy atom. The highest BCUT2D eigenvalue weighted by Crippen LogP contribution is 2.64. The number of amides is 2. The number of methoxy groups -OCH3 is 1. The number of hydrogen-bond donors (Lipinski definition) is 3. The number of hydroxylamine groups is 1. The van der Waals surface area contributed by atoms with Crippen molar-refractivity contribution in [3.63, 3.8) is 0 Å². The van der Waals surface area contributed by atoms with Crippen LogP contribution in [0.1, 0.15) is 65.0 Å². The van der Waals surface area contributed by atoms with E-state index in [1.165, 1.54) is 70.6 Å². The first-order chi connectivity index (χ1) is 30.0. The second-order valence-electron chi connectivity index (χ2n) is 15.2. The molecule has 9 nitrogen and oxygen atoms in total. The number of unbranched alkanes of at least 4 members (excludes halogenated alkanes) is 1. The molecule has 0 heterocycles. The second kappa shape index (κ2) is 21.6. The Hall–Kier alpha value is -4.53. The van der Waals surface area contributed by atoms with Crippen molar-refractivity contribution in [3.05, 3.63) is 66.2 Å². The van der Waals surface area contributed by atoms with E-state index in [0.29, 0.717) is 29.8 Å². The lowest BCUT2D eigenvalue weighted by Crippen LogP contribution is -2.74. The largest absolute Gasteiger partial charge is 0.497 e. The van der Waals surface area contributed by atoms with E-state index in [4.69, 9.17) is 23.8 Å². The summed E-state index contributed by atoms with van der Waals surface area (Å²) in [6.45, 7) is 4.29. The SMILES string of the molecule is COc1ccc(NC(=O)O[C@H](CCC/C=C/C(=O)NO)c2ccc(OCCO[Si](CCC(F)(F)C(F)(F)C(F)(F)C(F)(F)C(F)(F)C(F)(F)C(F)(F)C(F)(F)F)(C(C)C)C(C)C)cc2)cc1. The van der Waals surface area contributed by atoms with Crippen LogP contribution in [0.3, 0.4) is 0 Å². The van der Waals surface area contributed by atoms with Gasteiger partial charge in [-0.15, -0.1) is 0 Å². The topological polar surface area (TPSA) is 115 Å². The summed E-state index contributed by atoms with van der Waals surface area (Å²) < 4.78 is 258. The Balaban J connectivity index is 2.25. The summed E-state index contributed by atoms with van der Waals surface area (Å²) in [4.78, 5) is 24.1. The predicted octanol–water partition coefficient (Wildman–Crippen LogP) is 12.8. The third-order valence-corrected chi connectivity index (χ3v) is 16.0. The van der Waals surface area contributed by atoms with Crippen LogP contribution in [-0.4, -0.2) is 93.5 Å². The standard InChI is InChI=1S/C39H45F17N2O7Si/c1-23(2)66(24(3)4,22-19-32(40,41)33(42,43)34(44,45)35(46,47)36(48,49)37(50,51)38(52,53)39(54,55)56)64-21-20-63-28-15-11-25(12-16-28)29(9-7-6-8-10-30(59)58-61)65-31(60)57-26-13-17-27(62-5)18-14-26/h8,10-18,23-24,29,61H,6-7,9,19-22H2,1-5H3,(H,57,60)(H,58,59)/b10-8+/t29-/m1/s1. The molecule has 0 aliphatic carbocycles. The van der Waals surface area contributed by atoms with E-state index >= 15 is 0 Å². The van der Waals surface area contributed by atoms with Gasteiger partial charge in [-0.1, -0.05) is 45.9 Å². The molecule has 0 spiro atoms. The van der Waals surface area contributed by atoms with E-state index < -0.39 is 111 Å². The first-order valence-corrected chi connectivity index (χ1v) is 21.6. The summed E-state index contributed by atoms with van der Waals surface area (Å²) >= 11 is 0. The molecular weight excluding hydrogens is 959 g/mol. The van der Waals surface area contributed by atoms with Crippen LogP contribution in [0, 0.1) is 0 Å². The number of ether oxygens (including phenoxy) is 3. The van der Waals surface area contributed by atoms with Crippen molar-refractivity contribution in [1.29, 1.82) is 0 Å². The van der Waals surface area contributed by atoms with Crippen molar-refractivity contribution < 1.29 is 108 Å². The lowest BCUT2D eigenvalue weighted by atomic mass is 9.88. The summed E-state index contributed by atoms with van der Waals surface area (Å²) in [5.41, 5.74) is 0.435. The van der Waals surface area contributed by atoms with Gasteiger partial charge < -0.3 is 18.6 Å². The number of anilines is 1. The minimum absolute atomic E-state index is 0.118. The van der Waals surface area contributed by atoms with E-state index in [-0.39, 0.29) is 12.2 Å². The molecule has 2 aromatic rings. The molecule has 0 aliphatic rings. The molecule has 0 saturated carbocycles. The van der Waals surface area contributed by atoms with E-state index in [1.807, 2.05) is 0 Å². The zero-order valence-electron chi connectivity index (χ0n) is 35.3. The maximum atomic E-state index is 15.0. The van der Waals surface area contributed by atoms with Crippen LogP contribution < -0.4 is 20.3 Å². The van der Waals surface area contributed by atoms with Crippen LogP contribution in [0.2, 0.25) is 17.1 Å². The Bertz CT molecular complexity index is 1910. The molecule has 3 N–H and O–H groups in total. The quantitative estimate of drug-likeness (QED) is 0.0227. The highest BCUT2D eigenvalue weighted by atomic mass is 28.4. The molecule has 0 saturated heterocycles. The van der Waals surface area contributed by atoms with Crippen molar-refractivity contribution >= 4 is 26.0 Å². The number of allylic oxidation sites excluding steroid dienone is 1. The van der Waals surface area contributed by atoms with Crippen LogP contribution in [0.5, 0.6) is 11.5 Å². The highest BCUT2D eigenvalue weighted by Gasteiger charge is 2.95. The Labute approximate surface area is 367 Å². The minimum atomic E-state index is -8.70. The number of benzene rings is 2. The van der Waals surface area contributed by atoms with Crippen LogP contribution in [0.4, 0.5) is 85.1 Å². The van der Waals surface area contributed by atoms with Gasteiger partial charge in [-0.05, 0) is 78.4 Å². The molecule has 0 bridgehead atoms. The Morgan fingerprint density at radius 3 is 1.64 bits per heavy atom. The fourth-order valence-electron chi connectivity index (χ4n) is 6.42. The van der Waals surface area contributed by atoms with Gasteiger partial charge in [0, 0.05) is 18.2 Å². The second-order valence-corrected chi connectivity index (χ2v) is 20.2. The van der Waals surface area contributed by atoms with Gasteiger partial charge in [0.1, 0.15) is 24.2 Å². The maximum absolute atomic E-state index is 15.0. The number of rotatable bonds is 25. The molecule has 0 fully saturated rings. The van der Waals surface area contributed by atoms with Crippen molar-refractivity contribution in [2.45, 2.75) is 124 Å². The minimum Gasteiger partial charge on any atom is -0.497 e. The molecule has 2 rings (SSSR count). The predicted molar refractivity (Wildman–Crippen MR) is 203 cm³/mol. The van der Waals surface area contributed by atoms with E-state index in [0.717, 1.165) is 6.08 Å². The summed E-state index contributed by atoms with van der Waals surface area (Å²) in [6, 6.07) is 10.7. The van der Waals surface area contributed by atoms with Crippen molar-refractivity contribution in [2.75, 3.05) is 25.6 Å². The lowest BCUT2D eigenvalue weighted by molar-refractivity contribution is -0.461. The number of halogens is 17. The number of hydrogen-bond acceptors (Lipinski definition) is 7. The molecule has 66 heavy (non-hydrogen) atoms. The summed E-state index contributed by atoms with van der Waals surface area (Å²) in [5, 5.41) is 11.2. The average Bonchev–Trinajstić information content (AvgIpc) is 3.22. The van der Waals surface area contributed by atoms with E-state index in [2.05, 4.69) is 5.32 Å². The molecule has 2 amide bonds. The molecule has 2 aromatic carbocycles. The first kappa shape index (κ1) is 57.6. The number of carbonyl (C=O) groups excluding carboxylic acids is 2. The molecule has 0 aliphatic heterocycles. The van der Waals surface area contributed by atoms with E-state index in [9.17, 15) is 84.2 Å². The average molecular weight is 1000 g/mol. The Morgan fingerprint density at radius 1 is 0.682 bits per heavy atom. The van der Waals surface area contributed by atoms with Crippen LogP contribution in [0.25, 0.3) is 0 Å². The van der Waals surface area contributed by atoms with Crippen molar-refractivity contribution in [1.82, 2.24) is 5.48 Å². The van der Waals surface area contributed by atoms with Crippen LogP contribution >= 0.6 is 0 Å². The molecule has 0 unspecified atom stereocenters. The normalized spacial score (nSPS) is 14.4. The van der Waals surface area contributed by atoms with Gasteiger partial charge in [0.25, 0.3) is 5.91 Å². The smallest absolute Gasteiger partial charge is 0.460 e. The summed E-state index contributed by atoms with van der Waals surface area (Å²) in [6.07, 6.45) is -8.75. The van der Waals surface area contributed by atoms with Gasteiger partial charge in [0.2, 0.25) is 0 Å². The lowest BCUT2D eigenvalue weighted by Gasteiger charge is -2.44. The van der Waals surface area contributed by atoms with Crippen LogP contribution in [-0.2, 0) is 14.0 Å². The first-order valence-electron chi connectivity index (χ1n) is 19.3. The van der Waals surface area contributed by atoms with E-state index in [1.54, 1.807) is 24.3 Å². The molecule has 27 heteroatoms. The highest BCUT2D eigenvalue weighted by molar-refractivity contribution is 6.76. The molecule has 0 radical (unpaired) electrons. The number of nitrogens with one attached hydrogen (secondary N) is 2. The van der Waals surface area contributed by atoms with Gasteiger partial charge >= 0.3 is 53.7 Å². The van der Waals surface area contributed by atoms with Gasteiger partial charge in [0.05, 0.1) is 13.7 Å². The molecular formula is C39H45F17N2O7Si. The molecule has 0 aromatic heterocycles. The van der Waals surface area contributed by atoms with Gasteiger partial charge in [-0.3, -0.25) is 15.3 Å². The molecule has 376 valence electrons. The summed E-state index contributed by atoms with van der Waals surface area (Å²) in [7, 11) is -2.57. The van der Waals surface area contributed by atoms with Gasteiger partial charge in [-0.25, -0.2) is 10.3 Å². The van der Waals surface area contributed by atoms with Crippen molar-refractivity contribution in [3.8, 4) is 11.5 Å². The molecule has 1 atom stereocenters. The zero-order chi connectivity index (χ0) is 51.0. The number of alkyl halides is 17. The third kappa shape index (κ3) is 12.1. The van der Waals surface area contributed by atoms with Crippen molar-refractivity contribution in [2.24, 2.45) is 0 Å². The van der Waals surface area contributed by atoms with Gasteiger partial charge in [0.15, 0.2) is 8.32 Å². The number of carbonyl (C=O) groups is 2. The van der Waals surface area contributed by atoms with Gasteiger partial charge in [-0.2, -0.15) is 74.6 Å². The Kier molecular flexibility index (Phi) is 18.9. The summed E-state index contributed by atoms with van der Waals surface area (Å²) in [5.74, 6) is -57.0.